The fourth-order valence-electron chi connectivity index (χ4n) is 2.16. The third kappa shape index (κ3) is 3.03. The number of nitrogens with one attached hydrogen (secondary N) is 2. The van der Waals surface area contributed by atoms with E-state index in [4.69, 9.17) is 0 Å². The standard InChI is InChI=1S/C16H13FN4O2/c1-10-3-5-12(15(22)19-10)16(23)20-13-9-11(17)4-6-14(13)21-8-2-7-18-21/h2-9H,1H3,(H,19,22)(H,20,23). The topological polar surface area (TPSA) is 79.8 Å². The zero-order chi connectivity index (χ0) is 16.4. The van der Waals surface area contributed by atoms with Crippen LogP contribution in [0, 0.1) is 12.7 Å². The molecule has 0 saturated carbocycles. The van der Waals surface area contributed by atoms with Crippen molar-refractivity contribution in [2.75, 3.05) is 5.32 Å². The van der Waals surface area contributed by atoms with Crippen molar-refractivity contribution in [3.8, 4) is 5.69 Å². The van der Waals surface area contributed by atoms with E-state index in [9.17, 15) is 14.0 Å². The molecule has 0 spiro atoms. The Hall–Kier alpha value is -3.22. The molecule has 0 aliphatic rings. The molecule has 2 heterocycles. The first-order valence-corrected chi connectivity index (χ1v) is 6.85. The van der Waals surface area contributed by atoms with Gasteiger partial charge in [-0.3, -0.25) is 9.59 Å². The third-order valence-corrected chi connectivity index (χ3v) is 3.26. The Bertz CT molecular complexity index is 916. The van der Waals surface area contributed by atoms with Crippen LogP contribution in [0.4, 0.5) is 10.1 Å². The molecule has 1 amide bonds. The maximum Gasteiger partial charge on any atom is 0.261 e. The Kier molecular flexibility index (Phi) is 3.76. The van der Waals surface area contributed by atoms with E-state index in [2.05, 4.69) is 15.4 Å². The molecule has 116 valence electrons. The quantitative estimate of drug-likeness (QED) is 0.778. The molecule has 0 saturated heterocycles. The predicted octanol–water partition coefficient (Wildman–Crippen LogP) is 2.26. The Morgan fingerprint density at radius 1 is 1.30 bits per heavy atom. The minimum absolute atomic E-state index is 0.0497. The monoisotopic (exact) mass is 312 g/mol. The summed E-state index contributed by atoms with van der Waals surface area (Å²) < 4.78 is 15.0. The molecule has 3 rings (SSSR count). The number of aromatic amines is 1. The normalized spacial score (nSPS) is 10.5. The zero-order valence-corrected chi connectivity index (χ0v) is 12.2. The summed E-state index contributed by atoms with van der Waals surface area (Å²) in [6, 6.07) is 8.70. The molecular weight excluding hydrogens is 299 g/mol. The van der Waals surface area contributed by atoms with Crippen molar-refractivity contribution in [2.24, 2.45) is 0 Å². The van der Waals surface area contributed by atoms with Crippen LogP contribution < -0.4 is 10.9 Å². The first-order chi connectivity index (χ1) is 11.0. The van der Waals surface area contributed by atoms with Gasteiger partial charge in [-0.2, -0.15) is 5.10 Å². The minimum atomic E-state index is -0.620. The van der Waals surface area contributed by atoms with E-state index in [0.29, 0.717) is 11.4 Å². The van der Waals surface area contributed by atoms with E-state index in [1.807, 2.05) is 0 Å². The van der Waals surface area contributed by atoms with E-state index in [-0.39, 0.29) is 11.3 Å². The van der Waals surface area contributed by atoms with E-state index in [1.54, 1.807) is 31.5 Å². The Morgan fingerprint density at radius 3 is 2.83 bits per heavy atom. The van der Waals surface area contributed by atoms with Gasteiger partial charge >= 0.3 is 0 Å². The Balaban J connectivity index is 1.98. The van der Waals surface area contributed by atoms with Crippen molar-refractivity contribution in [2.45, 2.75) is 6.92 Å². The number of nitrogens with zero attached hydrogens (tertiary/aromatic N) is 2. The molecule has 0 aliphatic carbocycles. The second-order valence-corrected chi connectivity index (χ2v) is 4.95. The first-order valence-electron chi connectivity index (χ1n) is 6.85. The molecule has 0 bridgehead atoms. The van der Waals surface area contributed by atoms with Gasteiger partial charge in [0.15, 0.2) is 0 Å². The van der Waals surface area contributed by atoms with Crippen LogP contribution in [0.25, 0.3) is 5.69 Å². The lowest BCUT2D eigenvalue weighted by molar-refractivity contribution is 0.102. The van der Waals surface area contributed by atoms with E-state index < -0.39 is 17.3 Å². The van der Waals surface area contributed by atoms with Crippen LogP contribution in [0.3, 0.4) is 0 Å². The van der Waals surface area contributed by atoms with Crippen LogP contribution in [0.15, 0.2) is 53.6 Å². The van der Waals surface area contributed by atoms with Gasteiger partial charge in [0.1, 0.15) is 11.4 Å². The maximum atomic E-state index is 13.5. The predicted molar refractivity (Wildman–Crippen MR) is 83.3 cm³/mol. The molecule has 7 heteroatoms. The highest BCUT2D eigenvalue weighted by molar-refractivity contribution is 6.05. The fourth-order valence-corrected chi connectivity index (χ4v) is 2.16. The summed E-state index contributed by atoms with van der Waals surface area (Å²) in [6.45, 7) is 1.71. The van der Waals surface area contributed by atoms with E-state index in [1.165, 1.54) is 28.9 Å². The highest BCUT2D eigenvalue weighted by atomic mass is 19.1. The number of carbonyl (C=O) groups excluding carboxylic acids is 1. The molecule has 6 nitrogen and oxygen atoms in total. The van der Waals surface area contributed by atoms with Crippen molar-refractivity contribution in [3.05, 3.63) is 76.2 Å². The van der Waals surface area contributed by atoms with Gasteiger partial charge in [0.25, 0.3) is 11.5 Å². The lowest BCUT2D eigenvalue weighted by atomic mass is 10.2. The van der Waals surface area contributed by atoms with Gasteiger partial charge < -0.3 is 10.3 Å². The van der Waals surface area contributed by atoms with Crippen LogP contribution >= 0.6 is 0 Å². The van der Waals surface area contributed by atoms with Crippen molar-refractivity contribution >= 4 is 11.6 Å². The second-order valence-electron chi connectivity index (χ2n) is 4.95. The largest absolute Gasteiger partial charge is 0.326 e. The van der Waals surface area contributed by atoms with Crippen LogP contribution in [0.5, 0.6) is 0 Å². The molecule has 0 radical (unpaired) electrons. The second kappa shape index (κ2) is 5.88. The van der Waals surface area contributed by atoms with Crippen LogP contribution in [0.2, 0.25) is 0 Å². The van der Waals surface area contributed by atoms with Gasteiger partial charge in [0.05, 0.1) is 11.4 Å². The summed E-state index contributed by atoms with van der Waals surface area (Å²) in [7, 11) is 0. The molecule has 2 N–H and O–H groups in total. The highest BCUT2D eigenvalue weighted by Gasteiger charge is 2.14. The van der Waals surface area contributed by atoms with Crippen molar-refractivity contribution in [1.29, 1.82) is 0 Å². The number of carbonyl (C=O) groups is 1. The maximum absolute atomic E-state index is 13.5. The number of pyridine rings is 1. The number of rotatable bonds is 3. The summed E-state index contributed by atoms with van der Waals surface area (Å²) in [5.74, 6) is -1.13. The Morgan fingerprint density at radius 2 is 2.13 bits per heavy atom. The Labute approximate surface area is 130 Å². The molecular formula is C16H13FN4O2. The van der Waals surface area contributed by atoms with Crippen molar-refractivity contribution < 1.29 is 9.18 Å². The first kappa shape index (κ1) is 14.7. The van der Waals surface area contributed by atoms with Crippen molar-refractivity contribution in [3.63, 3.8) is 0 Å². The van der Waals surface area contributed by atoms with Gasteiger partial charge in [-0.05, 0) is 43.3 Å². The lowest BCUT2D eigenvalue weighted by Gasteiger charge is -2.11. The van der Waals surface area contributed by atoms with Crippen LogP contribution in [-0.4, -0.2) is 20.7 Å². The number of benzene rings is 1. The van der Waals surface area contributed by atoms with Crippen LogP contribution in [0.1, 0.15) is 16.1 Å². The average molecular weight is 312 g/mol. The lowest BCUT2D eigenvalue weighted by Crippen LogP contribution is -2.24. The molecule has 2 aromatic heterocycles. The molecule has 0 unspecified atom stereocenters. The number of hydrogen-bond acceptors (Lipinski definition) is 3. The number of aryl methyl sites for hydroxylation is 1. The summed E-state index contributed by atoms with van der Waals surface area (Å²) in [5.41, 5.74) is 0.812. The van der Waals surface area contributed by atoms with Gasteiger partial charge in [0.2, 0.25) is 0 Å². The van der Waals surface area contributed by atoms with Gasteiger partial charge in [-0.25, -0.2) is 9.07 Å². The van der Waals surface area contributed by atoms with Crippen molar-refractivity contribution in [1.82, 2.24) is 14.8 Å². The molecule has 23 heavy (non-hydrogen) atoms. The van der Waals surface area contributed by atoms with Crippen LogP contribution in [-0.2, 0) is 0 Å². The molecule has 1 aromatic carbocycles. The summed E-state index contributed by atoms with van der Waals surface area (Å²) in [4.78, 5) is 26.7. The average Bonchev–Trinajstić information content (AvgIpc) is 3.01. The van der Waals surface area contributed by atoms with Gasteiger partial charge in [-0.15, -0.1) is 0 Å². The van der Waals surface area contributed by atoms with E-state index in [0.717, 1.165) is 0 Å². The summed E-state index contributed by atoms with van der Waals surface area (Å²) in [6.07, 6.45) is 3.24. The molecule has 3 aromatic rings. The van der Waals surface area contributed by atoms with Gasteiger partial charge in [-0.1, -0.05) is 0 Å². The molecule has 0 fully saturated rings. The SMILES string of the molecule is Cc1ccc(C(=O)Nc2cc(F)ccc2-n2cccn2)c(=O)[nH]1. The molecule has 0 aliphatic heterocycles. The third-order valence-electron chi connectivity index (χ3n) is 3.26. The highest BCUT2D eigenvalue weighted by Crippen LogP contribution is 2.21. The number of anilines is 1. The smallest absolute Gasteiger partial charge is 0.261 e. The van der Waals surface area contributed by atoms with Gasteiger partial charge in [0, 0.05) is 18.1 Å². The number of aromatic nitrogens is 3. The number of H-pyrrole nitrogens is 1. The van der Waals surface area contributed by atoms with E-state index >= 15 is 0 Å². The number of amides is 1. The number of halogens is 1. The summed E-state index contributed by atoms with van der Waals surface area (Å²) in [5, 5.41) is 6.62. The minimum Gasteiger partial charge on any atom is -0.326 e. The number of hydrogen-bond donors (Lipinski definition) is 2. The fraction of sp³-hybridized carbons (Fsp3) is 0.0625. The zero-order valence-electron chi connectivity index (χ0n) is 12.2. The molecule has 0 atom stereocenters. The summed E-state index contributed by atoms with van der Waals surface area (Å²) >= 11 is 0.